The molecule has 0 radical (unpaired) electrons. The van der Waals surface area contributed by atoms with Crippen LogP contribution in [-0.4, -0.2) is 0 Å². The summed E-state index contributed by atoms with van der Waals surface area (Å²) in [5.41, 5.74) is 12.9. The van der Waals surface area contributed by atoms with Crippen LogP contribution in [0, 0.1) is 0 Å². The van der Waals surface area contributed by atoms with Gasteiger partial charge in [-0.25, -0.2) is 0 Å². The second-order valence-electron chi connectivity index (χ2n) is 10.1. The zero-order chi connectivity index (χ0) is 25.1. The Hall–Kier alpha value is -4.94. The first-order chi connectivity index (χ1) is 18.9. The molecular formula is C38H24. The lowest BCUT2D eigenvalue weighted by Crippen LogP contribution is -1.92. The molecule has 0 spiro atoms. The summed E-state index contributed by atoms with van der Waals surface area (Å²) in [7, 11) is 0. The van der Waals surface area contributed by atoms with Crippen molar-refractivity contribution in [2.24, 2.45) is 0 Å². The molecule has 0 saturated heterocycles. The van der Waals surface area contributed by atoms with Gasteiger partial charge >= 0.3 is 0 Å². The Balaban J connectivity index is 1.52. The van der Waals surface area contributed by atoms with E-state index in [1.165, 1.54) is 77.2 Å². The molecule has 8 rings (SSSR count). The van der Waals surface area contributed by atoms with Crippen LogP contribution >= 0.6 is 0 Å². The second-order valence-corrected chi connectivity index (χ2v) is 10.1. The van der Waals surface area contributed by atoms with Crippen LogP contribution in [0.15, 0.2) is 146 Å². The Morgan fingerprint density at radius 1 is 0.263 bits per heavy atom. The van der Waals surface area contributed by atoms with E-state index in [9.17, 15) is 0 Å². The highest BCUT2D eigenvalue weighted by molar-refractivity contribution is 6.21. The monoisotopic (exact) mass is 480 g/mol. The molecule has 0 unspecified atom stereocenters. The minimum absolute atomic E-state index is 1.24. The Kier molecular flexibility index (Phi) is 4.62. The third-order valence-electron chi connectivity index (χ3n) is 7.99. The van der Waals surface area contributed by atoms with Crippen LogP contribution in [0.4, 0.5) is 0 Å². The van der Waals surface area contributed by atoms with Gasteiger partial charge in [0.25, 0.3) is 0 Å². The van der Waals surface area contributed by atoms with Gasteiger partial charge in [0.05, 0.1) is 0 Å². The third-order valence-corrected chi connectivity index (χ3v) is 7.99. The number of rotatable bonds is 3. The highest BCUT2D eigenvalue weighted by Gasteiger charge is 2.28. The predicted molar refractivity (Wildman–Crippen MR) is 162 cm³/mol. The summed E-state index contributed by atoms with van der Waals surface area (Å²) in [5, 5.41) is 5.18. The molecule has 0 aromatic heterocycles. The highest BCUT2D eigenvalue weighted by Crippen LogP contribution is 2.55. The SMILES string of the molecule is c1ccc(-c2cc3ccccc3cc2-c2ccc(-c3ccccc3)c3c2-c2cccc4cccc-3c24)cc1. The van der Waals surface area contributed by atoms with Crippen molar-refractivity contribution in [2.45, 2.75) is 0 Å². The van der Waals surface area contributed by atoms with E-state index in [4.69, 9.17) is 0 Å². The fraction of sp³-hybridized carbons (Fsp3) is 0. The molecule has 0 bridgehead atoms. The van der Waals surface area contributed by atoms with Crippen LogP contribution in [0.2, 0.25) is 0 Å². The van der Waals surface area contributed by atoms with Gasteiger partial charge in [0.2, 0.25) is 0 Å². The van der Waals surface area contributed by atoms with E-state index >= 15 is 0 Å². The van der Waals surface area contributed by atoms with E-state index in [1.54, 1.807) is 0 Å². The van der Waals surface area contributed by atoms with E-state index < -0.39 is 0 Å². The number of hydrogen-bond acceptors (Lipinski definition) is 0. The zero-order valence-electron chi connectivity index (χ0n) is 20.9. The standard InChI is InChI=1S/C38H24/c1-3-11-25(12-4-1)30-21-22-31(38-33-20-10-18-27-17-9-19-32(36(27)33)37(30)38)35-24-29-16-8-7-15-28(29)23-34(35)26-13-5-2-6-14-26/h1-24H. The van der Waals surface area contributed by atoms with Crippen LogP contribution in [0.25, 0.3) is 77.2 Å². The fourth-order valence-corrected chi connectivity index (χ4v) is 6.32. The lowest BCUT2D eigenvalue weighted by Gasteiger charge is -2.19. The van der Waals surface area contributed by atoms with Crippen molar-refractivity contribution >= 4 is 21.5 Å². The molecule has 7 aromatic rings. The van der Waals surface area contributed by atoms with E-state index in [-0.39, 0.29) is 0 Å². The minimum Gasteiger partial charge on any atom is -0.0622 e. The Morgan fingerprint density at radius 2 is 0.737 bits per heavy atom. The van der Waals surface area contributed by atoms with E-state index in [0.29, 0.717) is 0 Å². The summed E-state index contributed by atoms with van der Waals surface area (Å²) >= 11 is 0. The molecule has 0 atom stereocenters. The summed E-state index contributed by atoms with van der Waals surface area (Å²) in [4.78, 5) is 0. The molecule has 0 heteroatoms. The molecule has 1 aliphatic carbocycles. The van der Waals surface area contributed by atoms with Crippen molar-refractivity contribution in [1.82, 2.24) is 0 Å². The van der Waals surface area contributed by atoms with Crippen LogP contribution in [0.5, 0.6) is 0 Å². The molecule has 0 N–H and O–H groups in total. The fourth-order valence-electron chi connectivity index (χ4n) is 6.32. The lowest BCUT2D eigenvalue weighted by atomic mass is 9.84. The molecular weight excluding hydrogens is 456 g/mol. The van der Waals surface area contributed by atoms with Gasteiger partial charge in [-0.15, -0.1) is 0 Å². The first-order valence-electron chi connectivity index (χ1n) is 13.2. The quantitative estimate of drug-likeness (QED) is 0.236. The molecule has 0 saturated carbocycles. The Labute approximate surface area is 222 Å². The summed E-state index contributed by atoms with van der Waals surface area (Å²) in [6.07, 6.45) is 0. The molecule has 0 amide bonds. The number of hydrogen-bond donors (Lipinski definition) is 0. The van der Waals surface area contributed by atoms with Crippen molar-refractivity contribution in [3.8, 4) is 55.6 Å². The maximum Gasteiger partial charge on any atom is -0.00137 e. The van der Waals surface area contributed by atoms with Gasteiger partial charge in [0, 0.05) is 0 Å². The Morgan fingerprint density at radius 3 is 1.37 bits per heavy atom. The first-order valence-corrected chi connectivity index (χ1v) is 13.2. The molecule has 38 heavy (non-hydrogen) atoms. The normalized spacial score (nSPS) is 11.7. The van der Waals surface area contributed by atoms with Crippen LogP contribution in [0.1, 0.15) is 0 Å². The van der Waals surface area contributed by atoms with Crippen molar-refractivity contribution in [3.05, 3.63) is 146 Å². The minimum atomic E-state index is 1.24. The van der Waals surface area contributed by atoms with Gasteiger partial charge in [0.15, 0.2) is 0 Å². The molecule has 176 valence electrons. The maximum atomic E-state index is 2.39. The average molecular weight is 481 g/mol. The average Bonchev–Trinajstić information content (AvgIpc) is 3.33. The third kappa shape index (κ3) is 3.11. The van der Waals surface area contributed by atoms with Gasteiger partial charge in [-0.1, -0.05) is 133 Å². The van der Waals surface area contributed by atoms with Gasteiger partial charge < -0.3 is 0 Å². The number of fused-ring (bicyclic) bond motifs is 4. The Bertz CT molecular complexity index is 1990. The van der Waals surface area contributed by atoms with Crippen molar-refractivity contribution in [3.63, 3.8) is 0 Å². The number of benzene rings is 7. The summed E-state index contributed by atoms with van der Waals surface area (Å²) in [5.74, 6) is 0. The summed E-state index contributed by atoms with van der Waals surface area (Å²) < 4.78 is 0. The van der Waals surface area contributed by atoms with Crippen molar-refractivity contribution in [2.75, 3.05) is 0 Å². The molecule has 7 aromatic carbocycles. The summed E-state index contributed by atoms with van der Waals surface area (Å²) in [6.45, 7) is 0. The van der Waals surface area contributed by atoms with Crippen LogP contribution in [-0.2, 0) is 0 Å². The maximum absolute atomic E-state index is 2.39. The van der Waals surface area contributed by atoms with E-state index in [1.807, 2.05) is 0 Å². The predicted octanol–water partition coefficient (Wildman–Crippen LogP) is 10.6. The van der Waals surface area contributed by atoms with Gasteiger partial charge in [0.1, 0.15) is 0 Å². The molecule has 0 fully saturated rings. The molecule has 0 aliphatic heterocycles. The second kappa shape index (κ2) is 8.30. The van der Waals surface area contributed by atoms with Gasteiger partial charge in [-0.2, -0.15) is 0 Å². The van der Waals surface area contributed by atoms with Crippen molar-refractivity contribution < 1.29 is 0 Å². The van der Waals surface area contributed by atoms with Gasteiger partial charge in [-0.05, 0) is 89.3 Å². The van der Waals surface area contributed by atoms with E-state index in [2.05, 4.69) is 146 Å². The zero-order valence-corrected chi connectivity index (χ0v) is 20.9. The van der Waals surface area contributed by atoms with Gasteiger partial charge in [-0.3, -0.25) is 0 Å². The summed E-state index contributed by atoms with van der Waals surface area (Å²) in [6, 6.07) is 53.2. The first kappa shape index (κ1) is 21.2. The highest BCUT2D eigenvalue weighted by atomic mass is 14.3. The van der Waals surface area contributed by atoms with E-state index in [0.717, 1.165) is 0 Å². The van der Waals surface area contributed by atoms with Crippen molar-refractivity contribution in [1.29, 1.82) is 0 Å². The topological polar surface area (TPSA) is 0 Å². The van der Waals surface area contributed by atoms with Crippen LogP contribution in [0.3, 0.4) is 0 Å². The molecule has 0 nitrogen and oxygen atoms in total. The van der Waals surface area contributed by atoms with Crippen LogP contribution < -0.4 is 0 Å². The molecule has 0 heterocycles. The lowest BCUT2D eigenvalue weighted by molar-refractivity contribution is 1.58. The largest absolute Gasteiger partial charge is 0.0622 e. The molecule has 1 aliphatic rings. The smallest absolute Gasteiger partial charge is 0.00137 e.